The highest BCUT2D eigenvalue weighted by Crippen LogP contribution is 2.18. The predicted molar refractivity (Wildman–Crippen MR) is 78.3 cm³/mol. The molecule has 0 radical (unpaired) electrons. The van der Waals surface area contributed by atoms with E-state index in [2.05, 4.69) is 5.32 Å². The van der Waals surface area contributed by atoms with Gasteiger partial charge in [-0.25, -0.2) is 18.0 Å². The van der Waals surface area contributed by atoms with Crippen LogP contribution in [0.2, 0.25) is 0 Å². The molecule has 0 aliphatic rings. The van der Waals surface area contributed by atoms with Crippen molar-refractivity contribution in [2.24, 2.45) is 0 Å². The first-order valence-corrected chi connectivity index (χ1v) is 6.91. The van der Waals surface area contributed by atoms with E-state index in [9.17, 15) is 22.8 Å². The molecule has 126 valence electrons. The Labute approximate surface area is 132 Å². The van der Waals surface area contributed by atoms with Crippen molar-refractivity contribution in [3.8, 4) is 0 Å². The molecule has 0 bridgehead atoms. The lowest BCUT2D eigenvalue weighted by molar-refractivity contribution is -0.138. The maximum Gasteiger partial charge on any atom is 0.343 e. The van der Waals surface area contributed by atoms with E-state index in [1.807, 2.05) is 0 Å². The van der Waals surface area contributed by atoms with E-state index >= 15 is 0 Å². The second kappa shape index (κ2) is 7.30. The third-order valence-electron chi connectivity index (χ3n) is 2.64. The van der Waals surface area contributed by atoms with Crippen LogP contribution in [0, 0.1) is 17.5 Å². The van der Waals surface area contributed by atoms with Gasteiger partial charge in [0.1, 0.15) is 11.4 Å². The van der Waals surface area contributed by atoms with Gasteiger partial charge < -0.3 is 10.1 Å². The predicted octanol–water partition coefficient (Wildman–Crippen LogP) is 3.12. The number of carbonyl (C=O) groups excluding carboxylic acids is 2. The van der Waals surface area contributed by atoms with Gasteiger partial charge in [-0.15, -0.1) is 0 Å². The minimum absolute atomic E-state index is 0.000762. The maximum atomic E-state index is 13.7. The van der Waals surface area contributed by atoms with Crippen LogP contribution in [0.25, 0.3) is 0 Å². The Hall–Kier alpha value is -2.31. The molecule has 23 heavy (non-hydrogen) atoms. The molecule has 0 aliphatic heterocycles. The number of ether oxygens (including phenoxy) is 1. The zero-order valence-corrected chi connectivity index (χ0v) is 13.3. The number of rotatable bonds is 5. The standard InChI is InChI=1S/C16H18F3NO3/c1-5-23-15(22)10(8-20-16(2,3)4)14(21)9-6-12(18)13(19)7-11(9)17/h6-8,20H,5H2,1-4H3. The number of hydrogen-bond acceptors (Lipinski definition) is 4. The molecule has 0 aliphatic carbocycles. The number of esters is 1. The molecule has 1 aromatic rings. The molecule has 1 aromatic carbocycles. The van der Waals surface area contributed by atoms with Gasteiger partial charge in [0.15, 0.2) is 11.6 Å². The van der Waals surface area contributed by atoms with Gasteiger partial charge in [-0.05, 0) is 33.8 Å². The summed E-state index contributed by atoms with van der Waals surface area (Å²) in [6.45, 7) is 6.85. The monoisotopic (exact) mass is 329 g/mol. The summed E-state index contributed by atoms with van der Waals surface area (Å²) in [5.41, 5.74) is -1.74. The van der Waals surface area contributed by atoms with Crippen molar-refractivity contribution >= 4 is 11.8 Å². The molecule has 0 saturated carbocycles. The van der Waals surface area contributed by atoms with Gasteiger partial charge in [-0.3, -0.25) is 4.79 Å². The zero-order chi connectivity index (χ0) is 17.8. The van der Waals surface area contributed by atoms with Gasteiger partial charge in [0.2, 0.25) is 5.78 Å². The van der Waals surface area contributed by atoms with E-state index in [0.717, 1.165) is 6.20 Å². The number of nitrogens with one attached hydrogen (secondary N) is 1. The summed E-state index contributed by atoms with van der Waals surface area (Å²) in [7, 11) is 0. The van der Waals surface area contributed by atoms with E-state index in [-0.39, 0.29) is 12.7 Å². The van der Waals surface area contributed by atoms with Crippen molar-refractivity contribution in [1.82, 2.24) is 5.32 Å². The maximum absolute atomic E-state index is 13.7. The lowest BCUT2D eigenvalue weighted by Gasteiger charge is -2.19. The van der Waals surface area contributed by atoms with Crippen molar-refractivity contribution in [2.75, 3.05) is 6.61 Å². The summed E-state index contributed by atoms with van der Waals surface area (Å²) >= 11 is 0. The van der Waals surface area contributed by atoms with Gasteiger partial charge in [0, 0.05) is 17.8 Å². The van der Waals surface area contributed by atoms with Crippen molar-refractivity contribution in [3.05, 3.63) is 46.9 Å². The van der Waals surface area contributed by atoms with Crippen LogP contribution in [-0.2, 0) is 9.53 Å². The molecule has 0 spiro atoms. The van der Waals surface area contributed by atoms with Crippen molar-refractivity contribution in [3.63, 3.8) is 0 Å². The van der Waals surface area contributed by atoms with E-state index in [4.69, 9.17) is 4.74 Å². The van der Waals surface area contributed by atoms with E-state index < -0.39 is 45.9 Å². The topological polar surface area (TPSA) is 55.4 Å². The highest BCUT2D eigenvalue weighted by Gasteiger charge is 2.26. The molecular formula is C16H18F3NO3. The highest BCUT2D eigenvalue weighted by atomic mass is 19.2. The molecule has 1 N–H and O–H groups in total. The van der Waals surface area contributed by atoms with E-state index in [0.29, 0.717) is 6.07 Å². The van der Waals surface area contributed by atoms with Gasteiger partial charge in [0.25, 0.3) is 0 Å². The molecule has 7 heteroatoms. The lowest BCUT2D eigenvalue weighted by atomic mass is 10.0. The number of halogens is 3. The molecule has 1 rings (SSSR count). The van der Waals surface area contributed by atoms with E-state index in [1.165, 1.54) is 6.92 Å². The van der Waals surface area contributed by atoms with Crippen LogP contribution in [0.4, 0.5) is 13.2 Å². The Morgan fingerprint density at radius 2 is 1.70 bits per heavy atom. The third kappa shape index (κ3) is 5.12. The summed E-state index contributed by atoms with van der Waals surface area (Å²) < 4.78 is 44.7. The van der Waals surface area contributed by atoms with Crippen LogP contribution in [0.15, 0.2) is 23.9 Å². The van der Waals surface area contributed by atoms with E-state index in [1.54, 1.807) is 20.8 Å². The normalized spacial score (nSPS) is 12.0. The molecule has 0 atom stereocenters. The fraction of sp³-hybridized carbons (Fsp3) is 0.375. The quantitative estimate of drug-likeness (QED) is 0.225. The first-order chi connectivity index (χ1) is 10.6. The number of carbonyl (C=O) groups is 2. The van der Waals surface area contributed by atoms with Crippen molar-refractivity contribution in [1.29, 1.82) is 0 Å². The first-order valence-electron chi connectivity index (χ1n) is 6.91. The molecule has 0 fully saturated rings. The Kier molecular flexibility index (Phi) is 5.95. The molecule has 0 saturated heterocycles. The number of hydrogen-bond donors (Lipinski definition) is 1. The van der Waals surface area contributed by atoms with Crippen LogP contribution in [-0.4, -0.2) is 23.9 Å². The van der Waals surface area contributed by atoms with Crippen LogP contribution in [0.5, 0.6) is 0 Å². The minimum atomic E-state index is -1.42. The molecule has 0 unspecified atom stereocenters. The molecule has 0 heterocycles. The van der Waals surface area contributed by atoms with Gasteiger partial charge in [-0.1, -0.05) is 0 Å². The average molecular weight is 329 g/mol. The van der Waals surface area contributed by atoms with Gasteiger partial charge in [-0.2, -0.15) is 0 Å². The highest BCUT2D eigenvalue weighted by molar-refractivity contribution is 6.24. The minimum Gasteiger partial charge on any atom is -0.462 e. The van der Waals surface area contributed by atoms with Crippen molar-refractivity contribution in [2.45, 2.75) is 33.2 Å². The summed E-state index contributed by atoms with van der Waals surface area (Å²) in [5, 5.41) is 2.78. The summed E-state index contributed by atoms with van der Waals surface area (Å²) in [6, 6.07) is 0.666. The number of Topliss-reactive ketones (excluding diaryl/α,β-unsaturated/α-hetero) is 1. The van der Waals surface area contributed by atoms with Gasteiger partial charge in [0.05, 0.1) is 12.2 Å². The fourth-order valence-electron chi connectivity index (χ4n) is 1.56. The number of ketones is 1. The SMILES string of the molecule is CCOC(=O)C(=CNC(C)(C)C)C(=O)c1cc(F)c(F)cc1F. The van der Waals surface area contributed by atoms with Crippen LogP contribution < -0.4 is 5.32 Å². The third-order valence-corrected chi connectivity index (χ3v) is 2.64. The second-order valence-electron chi connectivity index (χ2n) is 5.75. The first kappa shape index (κ1) is 18.7. The Morgan fingerprint density at radius 1 is 1.13 bits per heavy atom. The summed E-state index contributed by atoms with van der Waals surface area (Å²) in [5.74, 6) is -6.16. The summed E-state index contributed by atoms with van der Waals surface area (Å²) in [4.78, 5) is 24.2. The molecule has 0 aromatic heterocycles. The van der Waals surface area contributed by atoms with Crippen molar-refractivity contribution < 1.29 is 27.5 Å². The fourth-order valence-corrected chi connectivity index (χ4v) is 1.56. The average Bonchev–Trinajstić information content (AvgIpc) is 2.41. The second-order valence-corrected chi connectivity index (χ2v) is 5.75. The van der Waals surface area contributed by atoms with Crippen LogP contribution in [0.1, 0.15) is 38.1 Å². The molecule has 0 amide bonds. The zero-order valence-electron chi connectivity index (χ0n) is 13.3. The van der Waals surface area contributed by atoms with Crippen LogP contribution >= 0.6 is 0 Å². The Balaban J connectivity index is 3.29. The Bertz CT molecular complexity index is 649. The van der Waals surface area contributed by atoms with Crippen LogP contribution in [0.3, 0.4) is 0 Å². The van der Waals surface area contributed by atoms with Gasteiger partial charge >= 0.3 is 5.97 Å². The largest absolute Gasteiger partial charge is 0.462 e. The smallest absolute Gasteiger partial charge is 0.343 e. The lowest BCUT2D eigenvalue weighted by Crippen LogP contribution is -2.33. The Morgan fingerprint density at radius 3 is 2.22 bits per heavy atom. The molecule has 4 nitrogen and oxygen atoms in total. The number of benzene rings is 1. The molecular weight excluding hydrogens is 311 g/mol. The summed E-state index contributed by atoms with van der Waals surface area (Å²) in [6.07, 6.45) is 1.08.